The van der Waals surface area contributed by atoms with E-state index in [0.717, 1.165) is 13.1 Å². The monoisotopic (exact) mass is 218 g/mol. The third-order valence-corrected chi connectivity index (χ3v) is 3.40. The maximum absolute atomic E-state index is 3.59. The van der Waals surface area contributed by atoms with Gasteiger partial charge in [-0.2, -0.15) is 0 Å². The van der Waals surface area contributed by atoms with Crippen LogP contribution in [0.15, 0.2) is 24.3 Å². The van der Waals surface area contributed by atoms with Crippen molar-refractivity contribution in [1.82, 2.24) is 5.32 Å². The van der Waals surface area contributed by atoms with Crippen LogP contribution in [0.5, 0.6) is 0 Å². The van der Waals surface area contributed by atoms with Crippen molar-refractivity contribution >= 4 is 5.69 Å². The molecule has 2 rings (SSSR count). The molecule has 2 nitrogen and oxygen atoms in total. The number of piperazine rings is 1. The molecular formula is C14H22N2. The Kier molecular flexibility index (Phi) is 2.94. The second-order valence-electron chi connectivity index (χ2n) is 5.53. The molecule has 1 aromatic carbocycles. The fraction of sp³-hybridized carbons (Fsp3) is 0.571. The Hall–Kier alpha value is -1.02. The van der Waals surface area contributed by atoms with E-state index >= 15 is 0 Å². The molecule has 0 spiro atoms. The van der Waals surface area contributed by atoms with E-state index in [-0.39, 0.29) is 5.54 Å². The summed E-state index contributed by atoms with van der Waals surface area (Å²) in [6, 6.07) is 9.22. The van der Waals surface area contributed by atoms with Crippen molar-refractivity contribution in [3.8, 4) is 0 Å². The molecular weight excluding hydrogens is 196 g/mol. The highest BCUT2D eigenvalue weighted by Gasteiger charge is 2.30. The topological polar surface area (TPSA) is 15.3 Å². The molecule has 1 heterocycles. The first kappa shape index (κ1) is 11.5. The zero-order chi connectivity index (χ0) is 11.8. The summed E-state index contributed by atoms with van der Waals surface area (Å²) in [4.78, 5) is 2.52. The number of rotatable bonds is 1. The highest BCUT2D eigenvalue weighted by atomic mass is 15.2. The van der Waals surface area contributed by atoms with Crippen LogP contribution in [0.3, 0.4) is 0 Å². The lowest BCUT2D eigenvalue weighted by atomic mass is 9.98. The van der Waals surface area contributed by atoms with Crippen molar-refractivity contribution in [3.05, 3.63) is 29.8 Å². The van der Waals surface area contributed by atoms with Crippen molar-refractivity contribution in [2.45, 2.75) is 39.3 Å². The van der Waals surface area contributed by atoms with E-state index in [1.807, 2.05) is 0 Å². The van der Waals surface area contributed by atoms with Crippen LogP contribution < -0.4 is 10.2 Å². The molecule has 1 atom stereocenters. The van der Waals surface area contributed by atoms with Gasteiger partial charge in [0.2, 0.25) is 0 Å². The Morgan fingerprint density at radius 3 is 2.69 bits per heavy atom. The second-order valence-corrected chi connectivity index (χ2v) is 5.53. The average molecular weight is 218 g/mol. The summed E-state index contributed by atoms with van der Waals surface area (Å²) in [5, 5.41) is 3.59. The summed E-state index contributed by atoms with van der Waals surface area (Å²) >= 11 is 0. The first-order valence-electron chi connectivity index (χ1n) is 6.07. The Bertz CT molecular complexity index is 371. The summed E-state index contributed by atoms with van der Waals surface area (Å²) in [7, 11) is 0. The molecule has 0 radical (unpaired) electrons. The molecule has 1 aliphatic rings. The normalized spacial score (nSPS) is 24.5. The number of hydrogen-bond donors (Lipinski definition) is 1. The van der Waals surface area contributed by atoms with Crippen LogP contribution in [0.25, 0.3) is 0 Å². The molecule has 1 aliphatic heterocycles. The molecule has 1 N–H and O–H groups in total. The van der Waals surface area contributed by atoms with E-state index in [1.54, 1.807) is 0 Å². The molecule has 1 fully saturated rings. The zero-order valence-corrected chi connectivity index (χ0v) is 10.7. The van der Waals surface area contributed by atoms with Crippen LogP contribution in [0.2, 0.25) is 0 Å². The number of aryl methyl sites for hydroxylation is 1. The van der Waals surface area contributed by atoms with Crippen molar-refractivity contribution in [2.75, 3.05) is 18.0 Å². The van der Waals surface area contributed by atoms with E-state index < -0.39 is 0 Å². The lowest BCUT2D eigenvalue weighted by Gasteiger charge is -2.45. The van der Waals surface area contributed by atoms with Crippen LogP contribution in [-0.4, -0.2) is 24.7 Å². The minimum atomic E-state index is 0.203. The van der Waals surface area contributed by atoms with Crippen molar-refractivity contribution in [3.63, 3.8) is 0 Å². The molecule has 0 bridgehead atoms. The van der Waals surface area contributed by atoms with Gasteiger partial charge >= 0.3 is 0 Å². The third kappa shape index (κ3) is 2.22. The summed E-state index contributed by atoms with van der Waals surface area (Å²) < 4.78 is 0. The fourth-order valence-corrected chi connectivity index (χ4v) is 2.38. The summed E-state index contributed by atoms with van der Waals surface area (Å²) in [5.74, 6) is 0. The van der Waals surface area contributed by atoms with Crippen LogP contribution in [0, 0.1) is 6.92 Å². The van der Waals surface area contributed by atoms with Gasteiger partial charge in [-0.15, -0.1) is 0 Å². The standard InChI is InChI=1S/C14H22N2/c1-11-7-5-6-8-13(11)16-10-14(3,4)15-9-12(16)2/h5-8,12,15H,9-10H2,1-4H3/t12-/m1/s1. The smallest absolute Gasteiger partial charge is 0.0399 e. The predicted octanol–water partition coefficient (Wildman–Crippen LogP) is 2.57. The SMILES string of the molecule is Cc1ccccc1N1CC(C)(C)NC[C@H]1C. The van der Waals surface area contributed by atoms with Gasteiger partial charge in [0, 0.05) is 30.4 Å². The Balaban J connectivity index is 2.28. The van der Waals surface area contributed by atoms with E-state index in [4.69, 9.17) is 0 Å². The molecule has 0 saturated carbocycles. The summed E-state index contributed by atoms with van der Waals surface area (Å²) in [6.45, 7) is 11.1. The number of hydrogen-bond acceptors (Lipinski definition) is 2. The maximum Gasteiger partial charge on any atom is 0.0399 e. The Labute approximate surface area is 98.7 Å². The van der Waals surface area contributed by atoms with Crippen molar-refractivity contribution in [1.29, 1.82) is 0 Å². The first-order valence-corrected chi connectivity index (χ1v) is 6.07. The van der Waals surface area contributed by atoms with E-state index in [1.165, 1.54) is 11.3 Å². The molecule has 0 aromatic heterocycles. The van der Waals surface area contributed by atoms with Gasteiger partial charge in [-0.05, 0) is 39.3 Å². The maximum atomic E-state index is 3.59. The van der Waals surface area contributed by atoms with Gasteiger partial charge in [-0.25, -0.2) is 0 Å². The van der Waals surface area contributed by atoms with Crippen LogP contribution >= 0.6 is 0 Å². The van der Waals surface area contributed by atoms with Gasteiger partial charge in [0.1, 0.15) is 0 Å². The minimum absolute atomic E-state index is 0.203. The van der Waals surface area contributed by atoms with Gasteiger partial charge in [0.25, 0.3) is 0 Å². The van der Waals surface area contributed by atoms with E-state index in [9.17, 15) is 0 Å². The lowest BCUT2D eigenvalue weighted by molar-refractivity contribution is 0.318. The number of benzene rings is 1. The van der Waals surface area contributed by atoms with Crippen molar-refractivity contribution < 1.29 is 0 Å². The van der Waals surface area contributed by atoms with Gasteiger partial charge in [0.05, 0.1) is 0 Å². The highest BCUT2D eigenvalue weighted by molar-refractivity contribution is 5.54. The number of para-hydroxylation sites is 1. The average Bonchev–Trinajstić information content (AvgIpc) is 2.23. The molecule has 0 amide bonds. The zero-order valence-electron chi connectivity index (χ0n) is 10.7. The van der Waals surface area contributed by atoms with E-state index in [2.05, 4.69) is 62.2 Å². The number of nitrogens with zero attached hydrogens (tertiary/aromatic N) is 1. The fourth-order valence-electron chi connectivity index (χ4n) is 2.38. The summed E-state index contributed by atoms with van der Waals surface area (Å²) in [5.41, 5.74) is 2.95. The van der Waals surface area contributed by atoms with E-state index in [0.29, 0.717) is 6.04 Å². The minimum Gasteiger partial charge on any atom is -0.366 e. The lowest BCUT2D eigenvalue weighted by Crippen LogP contribution is -2.61. The van der Waals surface area contributed by atoms with Gasteiger partial charge < -0.3 is 10.2 Å². The Morgan fingerprint density at radius 2 is 2.00 bits per heavy atom. The van der Waals surface area contributed by atoms with Crippen LogP contribution in [0.4, 0.5) is 5.69 Å². The van der Waals surface area contributed by atoms with Crippen molar-refractivity contribution in [2.24, 2.45) is 0 Å². The van der Waals surface area contributed by atoms with Crippen LogP contribution in [0.1, 0.15) is 26.3 Å². The largest absolute Gasteiger partial charge is 0.366 e. The third-order valence-electron chi connectivity index (χ3n) is 3.40. The molecule has 0 aliphatic carbocycles. The van der Waals surface area contributed by atoms with Gasteiger partial charge in [-0.3, -0.25) is 0 Å². The number of anilines is 1. The first-order chi connectivity index (χ1) is 7.49. The Morgan fingerprint density at radius 1 is 1.31 bits per heavy atom. The quantitative estimate of drug-likeness (QED) is 0.779. The number of nitrogens with one attached hydrogen (secondary N) is 1. The van der Waals surface area contributed by atoms with Gasteiger partial charge in [-0.1, -0.05) is 18.2 Å². The molecule has 1 aromatic rings. The molecule has 2 heteroatoms. The molecule has 16 heavy (non-hydrogen) atoms. The summed E-state index contributed by atoms with van der Waals surface area (Å²) in [6.07, 6.45) is 0. The highest BCUT2D eigenvalue weighted by Crippen LogP contribution is 2.26. The predicted molar refractivity (Wildman–Crippen MR) is 70.1 cm³/mol. The molecule has 1 saturated heterocycles. The molecule has 0 unspecified atom stereocenters. The molecule has 88 valence electrons. The second kappa shape index (κ2) is 4.10. The van der Waals surface area contributed by atoms with Crippen LogP contribution in [-0.2, 0) is 0 Å². The van der Waals surface area contributed by atoms with Gasteiger partial charge in [0.15, 0.2) is 0 Å².